The number of hydrogen-bond acceptors (Lipinski definition) is 4. The Morgan fingerprint density at radius 1 is 1.11 bits per heavy atom. The van der Waals surface area contributed by atoms with E-state index in [1.54, 1.807) is 35.2 Å². The lowest BCUT2D eigenvalue weighted by atomic mass is 10.1. The molecule has 8 heteroatoms. The van der Waals surface area contributed by atoms with Crippen molar-refractivity contribution < 1.29 is 14.5 Å². The van der Waals surface area contributed by atoms with Crippen LogP contribution in [0.25, 0.3) is 0 Å². The van der Waals surface area contributed by atoms with Crippen LogP contribution in [0.15, 0.2) is 42.5 Å². The lowest BCUT2D eigenvalue weighted by Crippen LogP contribution is -2.30. The molecule has 3 amide bonds. The third kappa shape index (κ3) is 3.59. The molecule has 0 spiro atoms. The van der Waals surface area contributed by atoms with Gasteiger partial charge in [0, 0.05) is 36.0 Å². The lowest BCUT2D eigenvalue weighted by Gasteiger charge is -2.17. The van der Waals surface area contributed by atoms with Gasteiger partial charge >= 0.3 is 6.03 Å². The molecule has 0 radical (unpaired) electrons. The molecule has 0 aromatic heterocycles. The molecule has 27 heavy (non-hydrogen) atoms. The maximum atomic E-state index is 12.8. The molecule has 2 N–H and O–H groups in total. The predicted molar refractivity (Wildman–Crippen MR) is 100 cm³/mol. The van der Waals surface area contributed by atoms with E-state index in [1.807, 2.05) is 0 Å². The summed E-state index contributed by atoms with van der Waals surface area (Å²) in [5.74, 6) is -0.219. The number of carbonyl (C=O) groups excluding carboxylic acids is 2. The minimum absolute atomic E-state index is 0.0327. The van der Waals surface area contributed by atoms with E-state index in [2.05, 4.69) is 10.6 Å². The summed E-state index contributed by atoms with van der Waals surface area (Å²) in [5.41, 5.74) is 2.53. The number of nitrogens with zero attached hydrogens (tertiary/aromatic N) is 2. The van der Waals surface area contributed by atoms with Gasteiger partial charge in [0.2, 0.25) is 0 Å². The van der Waals surface area contributed by atoms with Crippen LogP contribution in [-0.2, 0) is 6.42 Å². The number of fused-ring (bicyclic) bond motifs is 1. The molecule has 4 rings (SSSR count). The van der Waals surface area contributed by atoms with Crippen molar-refractivity contribution in [1.29, 1.82) is 0 Å². The number of benzene rings is 2. The standard InChI is InChI=1S/C19H18N4O4/c24-18(22-10-9-12-3-8-16(23(26)27)11-17(12)22)13-1-4-14(5-2-13)20-19(25)21-15-6-7-15/h1-5,8,11,15H,6-7,9-10H2,(H2,20,21,25). The molecular weight excluding hydrogens is 348 g/mol. The molecule has 2 aromatic rings. The van der Waals surface area contributed by atoms with Crippen molar-refractivity contribution in [3.05, 3.63) is 63.7 Å². The minimum Gasteiger partial charge on any atom is -0.335 e. The van der Waals surface area contributed by atoms with Crippen molar-refractivity contribution >= 4 is 29.0 Å². The molecule has 1 saturated carbocycles. The number of nitrogens with one attached hydrogen (secondary N) is 2. The van der Waals surface area contributed by atoms with Gasteiger partial charge < -0.3 is 15.5 Å². The molecule has 1 heterocycles. The van der Waals surface area contributed by atoms with E-state index < -0.39 is 4.92 Å². The number of anilines is 2. The molecule has 0 bridgehead atoms. The average molecular weight is 366 g/mol. The first-order chi connectivity index (χ1) is 13.0. The Morgan fingerprint density at radius 2 is 1.85 bits per heavy atom. The maximum absolute atomic E-state index is 12.8. The predicted octanol–water partition coefficient (Wildman–Crippen LogP) is 3.08. The second-order valence-electron chi connectivity index (χ2n) is 6.73. The Hall–Kier alpha value is -3.42. The number of amides is 3. The quantitative estimate of drug-likeness (QED) is 0.641. The number of rotatable bonds is 4. The number of urea groups is 1. The van der Waals surface area contributed by atoms with Crippen LogP contribution in [0, 0.1) is 10.1 Å². The van der Waals surface area contributed by atoms with Crippen LogP contribution in [0.1, 0.15) is 28.8 Å². The normalized spacial score (nSPS) is 15.2. The van der Waals surface area contributed by atoms with Crippen LogP contribution in [-0.4, -0.2) is 29.4 Å². The van der Waals surface area contributed by atoms with Crippen LogP contribution in [0.5, 0.6) is 0 Å². The van der Waals surface area contributed by atoms with Crippen molar-refractivity contribution in [2.24, 2.45) is 0 Å². The third-order valence-electron chi connectivity index (χ3n) is 4.72. The van der Waals surface area contributed by atoms with Gasteiger partial charge in [0.1, 0.15) is 0 Å². The van der Waals surface area contributed by atoms with Gasteiger partial charge in [0.15, 0.2) is 0 Å². The molecule has 138 valence electrons. The van der Waals surface area contributed by atoms with Gasteiger partial charge in [-0.05, 0) is 49.1 Å². The second kappa shape index (κ2) is 6.71. The van der Waals surface area contributed by atoms with Gasteiger partial charge in [-0.2, -0.15) is 0 Å². The molecule has 2 aromatic carbocycles. The zero-order valence-corrected chi connectivity index (χ0v) is 14.5. The van der Waals surface area contributed by atoms with Crippen LogP contribution in [0.4, 0.5) is 21.9 Å². The highest BCUT2D eigenvalue weighted by atomic mass is 16.6. The van der Waals surface area contributed by atoms with E-state index in [9.17, 15) is 19.7 Å². The van der Waals surface area contributed by atoms with Gasteiger partial charge in [0.25, 0.3) is 11.6 Å². The first kappa shape index (κ1) is 17.0. The molecular formula is C19H18N4O4. The molecule has 0 unspecified atom stereocenters. The number of non-ortho nitro benzene ring substituents is 1. The second-order valence-corrected chi connectivity index (χ2v) is 6.73. The van der Waals surface area contributed by atoms with E-state index >= 15 is 0 Å². The largest absolute Gasteiger partial charge is 0.335 e. The van der Waals surface area contributed by atoms with Crippen molar-refractivity contribution in [2.45, 2.75) is 25.3 Å². The van der Waals surface area contributed by atoms with E-state index in [0.717, 1.165) is 18.4 Å². The average Bonchev–Trinajstić information content (AvgIpc) is 3.36. The highest BCUT2D eigenvalue weighted by molar-refractivity contribution is 6.07. The Labute approximate surface area is 155 Å². The van der Waals surface area contributed by atoms with Crippen molar-refractivity contribution in [3.8, 4) is 0 Å². The first-order valence-corrected chi connectivity index (χ1v) is 8.78. The van der Waals surface area contributed by atoms with E-state index in [1.165, 1.54) is 12.1 Å². The summed E-state index contributed by atoms with van der Waals surface area (Å²) in [5, 5.41) is 16.6. The van der Waals surface area contributed by atoms with Crippen molar-refractivity contribution in [1.82, 2.24) is 5.32 Å². The topological polar surface area (TPSA) is 105 Å². The monoisotopic (exact) mass is 366 g/mol. The van der Waals surface area contributed by atoms with Crippen molar-refractivity contribution in [2.75, 3.05) is 16.8 Å². The molecule has 1 aliphatic heterocycles. The number of hydrogen-bond donors (Lipinski definition) is 2. The Balaban J connectivity index is 1.48. The van der Waals surface area contributed by atoms with Crippen LogP contribution < -0.4 is 15.5 Å². The van der Waals surface area contributed by atoms with Crippen LogP contribution >= 0.6 is 0 Å². The summed E-state index contributed by atoms with van der Waals surface area (Å²) in [4.78, 5) is 36.7. The van der Waals surface area contributed by atoms with E-state index in [0.29, 0.717) is 29.9 Å². The lowest BCUT2D eigenvalue weighted by molar-refractivity contribution is -0.384. The minimum atomic E-state index is -0.464. The summed E-state index contributed by atoms with van der Waals surface area (Å²) in [7, 11) is 0. The van der Waals surface area contributed by atoms with Gasteiger partial charge in [0.05, 0.1) is 10.6 Å². The zero-order valence-electron chi connectivity index (χ0n) is 14.5. The Bertz CT molecular complexity index is 922. The first-order valence-electron chi connectivity index (χ1n) is 8.78. The molecule has 2 aliphatic rings. The fourth-order valence-corrected chi connectivity index (χ4v) is 3.12. The highest BCUT2D eigenvalue weighted by Gasteiger charge is 2.27. The SMILES string of the molecule is O=C(Nc1ccc(C(=O)N2CCc3ccc([N+](=O)[O-])cc32)cc1)NC1CC1. The fourth-order valence-electron chi connectivity index (χ4n) is 3.12. The molecule has 0 atom stereocenters. The Morgan fingerprint density at radius 3 is 2.52 bits per heavy atom. The van der Waals surface area contributed by atoms with Gasteiger partial charge in [-0.3, -0.25) is 14.9 Å². The van der Waals surface area contributed by atoms with E-state index in [4.69, 9.17) is 0 Å². The number of nitro groups is 1. The van der Waals surface area contributed by atoms with Crippen LogP contribution in [0.2, 0.25) is 0 Å². The highest BCUT2D eigenvalue weighted by Crippen LogP contribution is 2.32. The van der Waals surface area contributed by atoms with Gasteiger partial charge in [-0.1, -0.05) is 6.07 Å². The van der Waals surface area contributed by atoms with Gasteiger partial charge in [-0.25, -0.2) is 4.79 Å². The zero-order chi connectivity index (χ0) is 19.0. The van der Waals surface area contributed by atoms with E-state index in [-0.39, 0.29) is 23.7 Å². The molecule has 0 saturated heterocycles. The number of carbonyl (C=O) groups is 2. The Kier molecular flexibility index (Phi) is 4.23. The molecule has 1 aliphatic carbocycles. The van der Waals surface area contributed by atoms with Crippen molar-refractivity contribution in [3.63, 3.8) is 0 Å². The summed E-state index contributed by atoms with van der Waals surface area (Å²) in [6, 6.07) is 11.2. The smallest absolute Gasteiger partial charge is 0.319 e. The summed E-state index contributed by atoms with van der Waals surface area (Å²) < 4.78 is 0. The molecule has 1 fully saturated rings. The molecule has 8 nitrogen and oxygen atoms in total. The summed E-state index contributed by atoms with van der Waals surface area (Å²) in [6.07, 6.45) is 2.69. The van der Waals surface area contributed by atoms with Crippen LogP contribution in [0.3, 0.4) is 0 Å². The summed E-state index contributed by atoms with van der Waals surface area (Å²) >= 11 is 0. The number of nitro benzene ring substituents is 1. The third-order valence-corrected chi connectivity index (χ3v) is 4.72. The summed E-state index contributed by atoms with van der Waals surface area (Å²) in [6.45, 7) is 0.485. The fraction of sp³-hybridized carbons (Fsp3) is 0.263. The maximum Gasteiger partial charge on any atom is 0.319 e. The van der Waals surface area contributed by atoms with Gasteiger partial charge in [-0.15, -0.1) is 0 Å².